The molecule has 0 fully saturated rings. The number of benzene rings is 2. The van der Waals surface area contributed by atoms with Crippen LogP contribution in [-0.4, -0.2) is 17.0 Å². The zero-order chi connectivity index (χ0) is 23.9. The molecule has 2 aromatic rings. The lowest BCUT2D eigenvalue weighted by molar-refractivity contribution is -0.387. The highest BCUT2D eigenvalue weighted by Crippen LogP contribution is 2.47. The monoisotopic (exact) mass is 520 g/mol. The minimum atomic E-state index is -5.55. The van der Waals surface area contributed by atoms with E-state index in [1.165, 1.54) is 0 Å². The highest BCUT2D eigenvalue weighted by Gasteiger charge is 2.54. The zero-order valence-corrected chi connectivity index (χ0v) is 16.5. The SMILES string of the molecule is CC(F)(c1cc(Br)c(NC(=O)c2cccc([N+](=O)[O-])c2F)c(C(F)(F)F)c1)C(F)(F)F. The lowest BCUT2D eigenvalue weighted by Gasteiger charge is -2.26. The molecule has 0 aliphatic heterocycles. The van der Waals surface area contributed by atoms with E-state index in [9.17, 15) is 50.0 Å². The Morgan fingerprint density at radius 3 is 2.16 bits per heavy atom. The maximum atomic E-state index is 14.2. The van der Waals surface area contributed by atoms with Gasteiger partial charge in [0, 0.05) is 10.5 Å². The van der Waals surface area contributed by atoms with E-state index in [1.54, 1.807) is 5.32 Å². The van der Waals surface area contributed by atoms with Crippen molar-refractivity contribution in [2.24, 2.45) is 0 Å². The third kappa shape index (κ3) is 4.78. The van der Waals surface area contributed by atoms with E-state index < -0.39 is 67.2 Å². The number of nitro benzene ring substituents is 1. The Kier molecular flexibility index (Phi) is 6.36. The first-order valence-corrected chi connectivity index (χ1v) is 8.69. The molecule has 1 N–H and O–H groups in total. The molecule has 1 atom stereocenters. The first kappa shape index (κ1) is 24.5. The fourth-order valence-corrected chi connectivity index (χ4v) is 2.97. The molecule has 0 spiro atoms. The normalized spacial score (nSPS) is 14.1. The molecule has 0 aliphatic rings. The average molecular weight is 521 g/mol. The second-order valence-electron chi connectivity index (χ2n) is 6.23. The molecule has 14 heteroatoms. The number of rotatable bonds is 4. The van der Waals surface area contributed by atoms with Crippen molar-refractivity contribution in [3.63, 3.8) is 0 Å². The number of nitro groups is 1. The van der Waals surface area contributed by atoms with Gasteiger partial charge in [0.25, 0.3) is 5.91 Å². The summed E-state index contributed by atoms with van der Waals surface area (Å²) in [6.07, 6.45) is -10.9. The minimum Gasteiger partial charge on any atom is -0.320 e. The molecular weight excluding hydrogens is 512 g/mol. The second-order valence-corrected chi connectivity index (χ2v) is 7.08. The highest BCUT2D eigenvalue weighted by atomic mass is 79.9. The van der Waals surface area contributed by atoms with Crippen LogP contribution in [0.4, 0.5) is 46.5 Å². The number of carbonyl (C=O) groups is 1. The summed E-state index contributed by atoms with van der Waals surface area (Å²) in [5.41, 5.74) is -10.7. The fourth-order valence-electron chi connectivity index (χ4n) is 2.41. The molecule has 0 aromatic heterocycles. The summed E-state index contributed by atoms with van der Waals surface area (Å²) in [4.78, 5) is 21.9. The standard InChI is InChI=1S/C17H9BrF8N2O3/c1-15(20,17(24,25)26)7-5-9(16(21,22)23)13(10(18)6-7)27-14(29)8-3-2-4-11(12(8)19)28(30)31/h2-6H,1H3,(H,27,29). The highest BCUT2D eigenvalue weighted by molar-refractivity contribution is 9.10. The van der Waals surface area contributed by atoms with Crippen molar-refractivity contribution in [2.45, 2.75) is 24.9 Å². The number of hydrogen-bond donors (Lipinski definition) is 1. The van der Waals surface area contributed by atoms with Gasteiger partial charge in [0.05, 0.1) is 21.7 Å². The molecule has 168 valence electrons. The van der Waals surface area contributed by atoms with Crippen LogP contribution in [0.3, 0.4) is 0 Å². The lowest BCUT2D eigenvalue weighted by atomic mass is 9.94. The molecular formula is C17H9BrF8N2O3. The van der Waals surface area contributed by atoms with Gasteiger partial charge in [-0.15, -0.1) is 0 Å². The van der Waals surface area contributed by atoms with E-state index in [0.717, 1.165) is 12.1 Å². The summed E-state index contributed by atoms with van der Waals surface area (Å²) in [6.45, 7) is 0.0195. The van der Waals surface area contributed by atoms with Crippen LogP contribution in [0.15, 0.2) is 34.8 Å². The van der Waals surface area contributed by atoms with Crippen LogP contribution < -0.4 is 5.32 Å². The van der Waals surface area contributed by atoms with Crippen LogP contribution in [0.5, 0.6) is 0 Å². The van der Waals surface area contributed by atoms with Gasteiger partial charge in [-0.3, -0.25) is 14.9 Å². The molecule has 1 amide bonds. The Balaban J connectivity index is 2.62. The van der Waals surface area contributed by atoms with Crippen LogP contribution in [0, 0.1) is 15.9 Å². The summed E-state index contributed by atoms with van der Waals surface area (Å²) >= 11 is 2.56. The van der Waals surface area contributed by atoms with Gasteiger partial charge in [0.2, 0.25) is 11.5 Å². The Labute approximate surface area is 176 Å². The van der Waals surface area contributed by atoms with E-state index in [4.69, 9.17) is 0 Å². The summed E-state index contributed by atoms with van der Waals surface area (Å²) in [5.74, 6) is -3.20. The maximum absolute atomic E-state index is 14.2. The minimum absolute atomic E-state index is 0.0195. The number of nitrogens with zero attached hydrogens (tertiary/aromatic N) is 1. The van der Waals surface area contributed by atoms with Crippen LogP contribution in [0.25, 0.3) is 0 Å². The van der Waals surface area contributed by atoms with Crippen molar-refractivity contribution in [3.8, 4) is 0 Å². The summed E-state index contributed by atoms with van der Waals surface area (Å²) in [5, 5.41) is 12.4. The summed E-state index contributed by atoms with van der Waals surface area (Å²) in [6, 6.07) is 2.59. The molecule has 1 unspecified atom stereocenters. The number of anilines is 1. The van der Waals surface area contributed by atoms with Crippen LogP contribution >= 0.6 is 15.9 Å². The Morgan fingerprint density at radius 2 is 1.68 bits per heavy atom. The molecule has 31 heavy (non-hydrogen) atoms. The van der Waals surface area contributed by atoms with Gasteiger partial charge in [0.1, 0.15) is 0 Å². The van der Waals surface area contributed by atoms with E-state index in [0.29, 0.717) is 12.1 Å². The van der Waals surface area contributed by atoms with Crippen molar-refractivity contribution in [3.05, 3.63) is 67.4 Å². The number of amides is 1. The summed E-state index contributed by atoms with van der Waals surface area (Å²) in [7, 11) is 0. The number of halogens is 9. The van der Waals surface area contributed by atoms with Crippen molar-refractivity contribution in [1.82, 2.24) is 0 Å². The van der Waals surface area contributed by atoms with E-state index in [-0.39, 0.29) is 13.0 Å². The molecule has 2 aromatic carbocycles. The van der Waals surface area contributed by atoms with Gasteiger partial charge >= 0.3 is 18.0 Å². The number of hydrogen-bond acceptors (Lipinski definition) is 3. The predicted octanol–water partition coefficient (Wildman–Crippen LogP) is 6.51. The van der Waals surface area contributed by atoms with Crippen LogP contribution in [-0.2, 0) is 11.8 Å². The van der Waals surface area contributed by atoms with Gasteiger partial charge in [-0.2, -0.15) is 30.7 Å². The quantitative estimate of drug-likeness (QED) is 0.283. The van der Waals surface area contributed by atoms with Crippen LogP contribution in [0.1, 0.15) is 28.4 Å². The van der Waals surface area contributed by atoms with E-state index in [1.807, 2.05) is 0 Å². The maximum Gasteiger partial charge on any atom is 0.426 e. The first-order valence-electron chi connectivity index (χ1n) is 7.89. The molecule has 0 saturated heterocycles. The van der Waals surface area contributed by atoms with Crippen molar-refractivity contribution in [2.75, 3.05) is 5.32 Å². The number of carbonyl (C=O) groups excluding carboxylic acids is 1. The molecule has 5 nitrogen and oxygen atoms in total. The Hall–Kier alpha value is -2.77. The fraction of sp³-hybridized carbons (Fsp3) is 0.235. The number of alkyl halides is 7. The van der Waals surface area contributed by atoms with Crippen LogP contribution in [0.2, 0.25) is 0 Å². The Morgan fingerprint density at radius 1 is 1.10 bits per heavy atom. The average Bonchev–Trinajstić information content (AvgIpc) is 2.60. The first-order chi connectivity index (χ1) is 14.0. The lowest BCUT2D eigenvalue weighted by Crippen LogP contribution is -2.35. The van der Waals surface area contributed by atoms with E-state index in [2.05, 4.69) is 15.9 Å². The third-order valence-electron chi connectivity index (χ3n) is 4.13. The van der Waals surface area contributed by atoms with Gasteiger partial charge in [0.15, 0.2) is 0 Å². The predicted molar refractivity (Wildman–Crippen MR) is 94.7 cm³/mol. The zero-order valence-electron chi connectivity index (χ0n) is 15.0. The van der Waals surface area contributed by atoms with Crippen molar-refractivity contribution >= 4 is 33.2 Å². The Bertz CT molecular complexity index is 1050. The largest absolute Gasteiger partial charge is 0.426 e. The second kappa shape index (κ2) is 8.05. The third-order valence-corrected chi connectivity index (χ3v) is 4.75. The number of nitrogens with one attached hydrogen (secondary N) is 1. The summed E-state index contributed by atoms with van der Waals surface area (Å²) < 4.78 is 107. The van der Waals surface area contributed by atoms with Gasteiger partial charge in [-0.1, -0.05) is 6.07 Å². The topological polar surface area (TPSA) is 72.2 Å². The molecule has 2 rings (SSSR count). The van der Waals surface area contributed by atoms with Crippen molar-refractivity contribution < 1.29 is 44.8 Å². The van der Waals surface area contributed by atoms with Crippen molar-refractivity contribution in [1.29, 1.82) is 0 Å². The van der Waals surface area contributed by atoms with E-state index >= 15 is 0 Å². The molecule has 0 radical (unpaired) electrons. The molecule has 0 bridgehead atoms. The molecule has 0 saturated carbocycles. The molecule has 0 heterocycles. The van der Waals surface area contributed by atoms with Gasteiger partial charge < -0.3 is 5.32 Å². The van der Waals surface area contributed by atoms with Gasteiger partial charge in [-0.05, 0) is 46.6 Å². The van der Waals surface area contributed by atoms with Gasteiger partial charge in [-0.25, -0.2) is 4.39 Å². The molecule has 0 aliphatic carbocycles. The smallest absolute Gasteiger partial charge is 0.320 e.